The summed E-state index contributed by atoms with van der Waals surface area (Å²) in [7, 11) is 0. The van der Waals surface area contributed by atoms with Gasteiger partial charge in [0.1, 0.15) is 0 Å². The molecular formula is C14H16OS. The molecule has 0 bridgehead atoms. The molecule has 0 N–H and O–H groups in total. The highest BCUT2D eigenvalue weighted by molar-refractivity contribution is 8.13. The average molecular weight is 232 g/mol. The molecule has 0 saturated heterocycles. The molecule has 0 amide bonds. The lowest BCUT2D eigenvalue weighted by Gasteiger charge is -1.98. The second kappa shape index (κ2) is 7.14. The van der Waals surface area contributed by atoms with Gasteiger partial charge in [-0.25, -0.2) is 0 Å². The van der Waals surface area contributed by atoms with Crippen LogP contribution < -0.4 is 0 Å². The van der Waals surface area contributed by atoms with Crippen molar-refractivity contribution in [3.8, 4) is 11.8 Å². The fourth-order valence-electron chi connectivity index (χ4n) is 1.35. The lowest BCUT2D eigenvalue weighted by molar-refractivity contribution is -0.109. The van der Waals surface area contributed by atoms with E-state index in [-0.39, 0.29) is 5.12 Å². The predicted molar refractivity (Wildman–Crippen MR) is 70.5 cm³/mol. The zero-order valence-electron chi connectivity index (χ0n) is 9.75. The predicted octanol–water partition coefficient (Wildman–Crippen LogP) is 3.27. The summed E-state index contributed by atoms with van der Waals surface area (Å²) in [4.78, 5) is 10.7. The molecule has 0 aliphatic rings. The minimum atomic E-state index is 0.163. The number of benzene rings is 1. The normalized spacial score (nSPS) is 9.38. The molecule has 0 aromatic heterocycles. The standard InChI is InChI=1S/C14H16OS/c1-3-13-8-4-5-9-14(13)10-6-7-11-16-12(2)15/h4-5,8-9H,3,7,11H2,1-2H3. The minimum absolute atomic E-state index is 0.163. The van der Waals surface area contributed by atoms with E-state index < -0.39 is 0 Å². The lowest BCUT2D eigenvalue weighted by Crippen LogP contribution is -1.87. The molecule has 0 spiro atoms. The first-order valence-electron chi connectivity index (χ1n) is 5.44. The van der Waals surface area contributed by atoms with Crippen LogP contribution >= 0.6 is 11.8 Å². The number of aryl methyl sites for hydroxylation is 1. The summed E-state index contributed by atoms with van der Waals surface area (Å²) in [5.41, 5.74) is 2.40. The van der Waals surface area contributed by atoms with E-state index in [1.54, 1.807) is 6.92 Å². The van der Waals surface area contributed by atoms with Gasteiger partial charge in [-0.2, -0.15) is 0 Å². The summed E-state index contributed by atoms with van der Waals surface area (Å²) in [5.74, 6) is 7.06. The Morgan fingerprint density at radius 3 is 2.81 bits per heavy atom. The monoisotopic (exact) mass is 232 g/mol. The first kappa shape index (κ1) is 12.9. The number of rotatable bonds is 3. The van der Waals surface area contributed by atoms with E-state index in [1.807, 2.05) is 18.2 Å². The first-order valence-corrected chi connectivity index (χ1v) is 6.42. The van der Waals surface area contributed by atoms with Crippen molar-refractivity contribution in [1.82, 2.24) is 0 Å². The molecule has 16 heavy (non-hydrogen) atoms. The van der Waals surface area contributed by atoms with Gasteiger partial charge in [0.05, 0.1) is 0 Å². The van der Waals surface area contributed by atoms with E-state index in [9.17, 15) is 4.79 Å². The molecule has 1 nitrogen and oxygen atoms in total. The zero-order valence-corrected chi connectivity index (χ0v) is 10.6. The van der Waals surface area contributed by atoms with Gasteiger partial charge in [0.15, 0.2) is 5.12 Å². The molecule has 0 fully saturated rings. The van der Waals surface area contributed by atoms with Crippen LogP contribution in [0.25, 0.3) is 0 Å². The summed E-state index contributed by atoms with van der Waals surface area (Å²) in [6.45, 7) is 3.72. The Labute approximate surface area is 102 Å². The topological polar surface area (TPSA) is 17.1 Å². The van der Waals surface area contributed by atoms with Crippen molar-refractivity contribution in [1.29, 1.82) is 0 Å². The third-order valence-electron chi connectivity index (χ3n) is 2.15. The molecule has 1 aromatic carbocycles. The molecule has 0 saturated carbocycles. The Balaban J connectivity index is 2.52. The fraction of sp³-hybridized carbons (Fsp3) is 0.357. The molecule has 2 heteroatoms. The number of thioether (sulfide) groups is 1. The quantitative estimate of drug-likeness (QED) is 0.587. The Hall–Kier alpha value is -1.20. The largest absolute Gasteiger partial charge is 0.288 e. The van der Waals surface area contributed by atoms with Gasteiger partial charge < -0.3 is 0 Å². The highest BCUT2D eigenvalue weighted by Gasteiger charge is 1.94. The van der Waals surface area contributed by atoms with Gasteiger partial charge in [-0.05, 0) is 18.1 Å². The maximum absolute atomic E-state index is 10.7. The first-order chi connectivity index (χ1) is 7.74. The smallest absolute Gasteiger partial charge is 0.185 e. The summed E-state index contributed by atoms with van der Waals surface area (Å²) < 4.78 is 0. The van der Waals surface area contributed by atoms with Gasteiger partial charge in [0.2, 0.25) is 0 Å². The van der Waals surface area contributed by atoms with Gasteiger partial charge in [0, 0.05) is 24.7 Å². The Kier molecular flexibility index (Phi) is 5.74. The second-order valence-corrected chi connectivity index (χ2v) is 4.67. The summed E-state index contributed by atoms with van der Waals surface area (Å²) in [6.07, 6.45) is 1.77. The van der Waals surface area contributed by atoms with Gasteiger partial charge in [-0.1, -0.05) is 48.7 Å². The van der Waals surface area contributed by atoms with Crippen LogP contribution in [-0.4, -0.2) is 10.9 Å². The lowest BCUT2D eigenvalue weighted by atomic mass is 10.1. The molecule has 0 unspecified atom stereocenters. The van der Waals surface area contributed by atoms with Crippen molar-refractivity contribution in [3.05, 3.63) is 35.4 Å². The van der Waals surface area contributed by atoms with Crippen LogP contribution in [0.3, 0.4) is 0 Å². The van der Waals surface area contributed by atoms with E-state index in [0.717, 1.165) is 24.2 Å². The molecule has 0 radical (unpaired) electrons. The van der Waals surface area contributed by atoms with Crippen LogP contribution in [0.2, 0.25) is 0 Å². The van der Waals surface area contributed by atoms with Crippen molar-refractivity contribution in [2.45, 2.75) is 26.7 Å². The number of hydrogen-bond acceptors (Lipinski definition) is 2. The maximum atomic E-state index is 10.7. The van der Waals surface area contributed by atoms with E-state index in [0.29, 0.717) is 0 Å². The number of carbonyl (C=O) groups excluding carboxylic acids is 1. The molecule has 1 rings (SSSR count). The van der Waals surface area contributed by atoms with Crippen LogP contribution in [0.15, 0.2) is 24.3 Å². The molecule has 0 aliphatic heterocycles. The fourth-order valence-corrected chi connectivity index (χ4v) is 1.85. The third kappa shape index (κ3) is 4.55. The second-order valence-electron chi connectivity index (χ2n) is 3.40. The minimum Gasteiger partial charge on any atom is -0.288 e. The van der Waals surface area contributed by atoms with Crippen LogP contribution in [0.4, 0.5) is 0 Å². The number of carbonyl (C=O) groups is 1. The van der Waals surface area contributed by atoms with Crippen molar-refractivity contribution in [2.24, 2.45) is 0 Å². The van der Waals surface area contributed by atoms with Crippen LogP contribution in [-0.2, 0) is 11.2 Å². The van der Waals surface area contributed by atoms with Crippen molar-refractivity contribution in [2.75, 3.05) is 5.75 Å². The summed E-state index contributed by atoms with van der Waals surface area (Å²) in [5, 5.41) is 0.163. The van der Waals surface area contributed by atoms with Crippen molar-refractivity contribution < 1.29 is 4.79 Å². The van der Waals surface area contributed by atoms with Gasteiger partial charge in [-0.15, -0.1) is 0 Å². The zero-order chi connectivity index (χ0) is 11.8. The SMILES string of the molecule is CCc1ccccc1C#CCCSC(C)=O. The van der Waals surface area contributed by atoms with E-state index >= 15 is 0 Å². The molecule has 0 atom stereocenters. The van der Waals surface area contributed by atoms with Gasteiger partial charge in [0.25, 0.3) is 0 Å². The molecule has 1 aromatic rings. The van der Waals surface area contributed by atoms with Crippen LogP contribution in [0.1, 0.15) is 31.4 Å². The van der Waals surface area contributed by atoms with E-state index in [4.69, 9.17) is 0 Å². The highest BCUT2D eigenvalue weighted by atomic mass is 32.2. The maximum Gasteiger partial charge on any atom is 0.185 e. The average Bonchev–Trinajstić information content (AvgIpc) is 2.29. The highest BCUT2D eigenvalue weighted by Crippen LogP contribution is 2.08. The molecular weight excluding hydrogens is 216 g/mol. The Morgan fingerprint density at radius 1 is 1.38 bits per heavy atom. The van der Waals surface area contributed by atoms with Crippen molar-refractivity contribution in [3.63, 3.8) is 0 Å². The number of hydrogen-bond donors (Lipinski definition) is 0. The van der Waals surface area contributed by atoms with Gasteiger partial charge >= 0.3 is 0 Å². The molecule has 0 heterocycles. The van der Waals surface area contributed by atoms with Gasteiger partial charge in [-0.3, -0.25) is 4.79 Å². The third-order valence-corrected chi connectivity index (χ3v) is 2.97. The van der Waals surface area contributed by atoms with E-state index in [2.05, 4.69) is 24.8 Å². The Bertz CT molecular complexity index is 412. The molecule has 0 aliphatic carbocycles. The van der Waals surface area contributed by atoms with Crippen LogP contribution in [0.5, 0.6) is 0 Å². The summed E-state index contributed by atoms with van der Waals surface area (Å²) >= 11 is 1.33. The molecule has 84 valence electrons. The Morgan fingerprint density at radius 2 is 2.12 bits per heavy atom. The summed E-state index contributed by atoms with van der Waals surface area (Å²) in [6, 6.07) is 8.20. The van der Waals surface area contributed by atoms with Crippen molar-refractivity contribution >= 4 is 16.9 Å². The van der Waals surface area contributed by atoms with Crippen LogP contribution in [0, 0.1) is 11.8 Å². The van der Waals surface area contributed by atoms with E-state index in [1.165, 1.54) is 17.3 Å².